The number of epoxide rings is 2. The molecular weight excluding hydrogens is 596 g/mol. The van der Waals surface area contributed by atoms with Crippen LogP contribution in [0.5, 0.6) is 0 Å². The average Bonchev–Trinajstić information content (AvgIpc) is 3.88. The maximum Gasteiger partial charge on any atom is 0.414 e. The van der Waals surface area contributed by atoms with Gasteiger partial charge >= 0.3 is 6.09 Å². The summed E-state index contributed by atoms with van der Waals surface area (Å²) in [7, 11) is 1.61. The highest BCUT2D eigenvalue weighted by molar-refractivity contribution is 8.00. The smallest absolute Gasteiger partial charge is 0.414 e. The molecule has 1 spiro atoms. The minimum absolute atomic E-state index is 0.0124. The van der Waals surface area contributed by atoms with Crippen LogP contribution in [0.25, 0.3) is 0 Å². The van der Waals surface area contributed by atoms with Crippen LogP contribution in [0.2, 0.25) is 0 Å². The van der Waals surface area contributed by atoms with E-state index in [1.807, 2.05) is 20.8 Å². The molecule has 1 aliphatic carbocycles. The number of amides is 3. The van der Waals surface area contributed by atoms with Gasteiger partial charge in [-0.25, -0.2) is 4.79 Å². The normalized spacial score (nSPS) is 28.6. The molecule has 3 amide bonds. The maximum absolute atomic E-state index is 12.7. The first kappa shape index (κ1) is 35.1. The number of anilines is 1. The van der Waals surface area contributed by atoms with Gasteiger partial charge in [0.25, 0.3) is 0 Å². The topological polar surface area (TPSA) is 136 Å². The molecule has 1 saturated carbocycles. The number of hydrogen-bond donors (Lipinski definition) is 2. The minimum Gasteiger partial charge on any atom is -0.443 e. The third kappa shape index (κ3) is 9.18. The summed E-state index contributed by atoms with van der Waals surface area (Å²) in [6.45, 7) is 12.5. The summed E-state index contributed by atoms with van der Waals surface area (Å²) >= 11 is 1.26. The van der Waals surface area contributed by atoms with Crippen LogP contribution in [-0.2, 0) is 33.3 Å². The summed E-state index contributed by atoms with van der Waals surface area (Å²) in [6.07, 6.45) is 3.67. The van der Waals surface area contributed by atoms with E-state index in [1.165, 1.54) is 17.3 Å². The number of ether oxygens (including phenoxy) is 4. The quantitative estimate of drug-likeness (QED) is 0.154. The second kappa shape index (κ2) is 14.4. The van der Waals surface area contributed by atoms with Crippen LogP contribution >= 0.6 is 11.8 Å². The Labute approximate surface area is 270 Å². The van der Waals surface area contributed by atoms with E-state index in [4.69, 9.17) is 18.9 Å². The van der Waals surface area contributed by atoms with Crippen LogP contribution in [0.15, 0.2) is 40.8 Å². The maximum atomic E-state index is 12.7. The highest BCUT2D eigenvalue weighted by Gasteiger charge is 2.72. The summed E-state index contributed by atoms with van der Waals surface area (Å²) in [5, 5.41) is 5.16. The number of Topliss-reactive ketones (excluding diaryl/α,β-unsaturated/α-hetero) is 1. The van der Waals surface area contributed by atoms with Crippen LogP contribution in [-0.4, -0.2) is 72.7 Å². The van der Waals surface area contributed by atoms with E-state index in [9.17, 15) is 19.2 Å². The van der Waals surface area contributed by atoms with Crippen molar-refractivity contribution in [2.45, 2.75) is 114 Å². The fraction of sp³-hybridized carbons (Fsp3) is 0.647. The number of methoxy groups -OCH3 is 1. The number of carbonyl (C=O) groups is 4. The molecule has 2 N–H and O–H groups in total. The Balaban J connectivity index is 1.21. The summed E-state index contributed by atoms with van der Waals surface area (Å²) < 4.78 is 23.8. The Bertz CT molecular complexity index is 1280. The lowest BCUT2D eigenvalue weighted by Gasteiger charge is -2.42. The SMILES string of the molecule is CO[C@@H]1[C@H](OC(=O)NC(=O)CSc2ccc(NC(=O)CCCC(=O)C(C)(C)C)cc2)CC[C@]2(CO2)[C@H]1[C@@]1(C)O[C@@H]1CC=C(C)C. The molecule has 6 atom stereocenters. The van der Waals surface area contributed by atoms with Gasteiger partial charge in [-0.15, -0.1) is 11.8 Å². The molecule has 3 fully saturated rings. The van der Waals surface area contributed by atoms with Crippen molar-refractivity contribution in [3.63, 3.8) is 0 Å². The molecule has 11 heteroatoms. The molecule has 2 heterocycles. The number of thioether (sulfide) groups is 1. The van der Waals surface area contributed by atoms with E-state index in [1.54, 1.807) is 31.4 Å². The van der Waals surface area contributed by atoms with Crippen molar-refractivity contribution in [2.24, 2.45) is 11.3 Å². The molecule has 0 unspecified atom stereocenters. The van der Waals surface area contributed by atoms with Gasteiger partial charge in [0.2, 0.25) is 11.8 Å². The molecule has 248 valence electrons. The molecule has 0 bridgehead atoms. The zero-order chi connectivity index (χ0) is 33.0. The Morgan fingerprint density at radius 2 is 1.78 bits per heavy atom. The standard InChI is InChI=1S/C34H48N2O8S/c1-21(2)11-16-26-33(6,44-26)30-29(41-7)24(17-18-34(30)20-42-34)43-31(40)36-28(39)19-45-23-14-12-22(13-15-23)35-27(38)10-8-9-25(37)32(3,4)5/h11-15,24,26,29-30H,8-10,16-20H2,1-7H3,(H,35,38)(H,36,39,40)/t24-,26-,29-,30-,33+,34+/m1/s1. The van der Waals surface area contributed by atoms with Gasteiger partial charge in [0.1, 0.15) is 29.2 Å². The largest absolute Gasteiger partial charge is 0.443 e. The molecular formula is C34H48N2O8S. The van der Waals surface area contributed by atoms with Crippen LogP contribution in [0.4, 0.5) is 10.5 Å². The number of hydrogen-bond acceptors (Lipinski definition) is 9. The van der Waals surface area contributed by atoms with Gasteiger partial charge in [0.15, 0.2) is 0 Å². The summed E-state index contributed by atoms with van der Waals surface area (Å²) in [5.41, 5.74) is 0.686. The van der Waals surface area contributed by atoms with E-state index in [0.717, 1.165) is 17.7 Å². The highest BCUT2D eigenvalue weighted by Crippen LogP contribution is 2.59. The number of rotatable bonds is 13. The highest BCUT2D eigenvalue weighted by atomic mass is 32.2. The zero-order valence-electron chi connectivity index (χ0n) is 27.5. The van der Waals surface area contributed by atoms with Crippen LogP contribution in [0.3, 0.4) is 0 Å². The van der Waals surface area contributed by atoms with E-state index >= 15 is 0 Å². The van der Waals surface area contributed by atoms with E-state index in [2.05, 4.69) is 37.5 Å². The number of carbonyl (C=O) groups excluding carboxylic acids is 4. The summed E-state index contributed by atoms with van der Waals surface area (Å²) in [6, 6.07) is 7.09. The van der Waals surface area contributed by atoms with Crippen LogP contribution in [0, 0.1) is 11.3 Å². The Morgan fingerprint density at radius 1 is 1.09 bits per heavy atom. The van der Waals surface area contributed by atoms with Gasteiger partial charge in [-0.05, 0) is 70.7 Å². The van der Waals surface area contributed by atoms with E-state index in [0.29, 0.717) is 31.6 Å². The first-order valence-corrected chi connectivity index (χ1v) is 16.7. The number of benzene rings is 1. The summed E-state index contributed by atoms with van der Waals surface area (Å²) in [5.74, 6) is -0.585. The third-order valence-corrected chi connectivity index (χ3v) is 9.90. The van der Waals surface area contributed by atoms with E-state index in [-0.39, 0.29) is 41.5 Å². The lowest BCUT2D eigenvalue weighted by Crippen LogP contribution is -2.56. The molecule has 2 saturated heterocycles. The van der Waals surface area contributed by atoms with Gasteiger partial charge in [-0.3, -0.25) is 19.7 Å². The monoisotopic (exact) mass is 644 g/mol. The van der Waals surface area contributed by atoms with Gasteiger partial charge in [0, 0.05) is 35.9 Å². The average molecular weight is 645 g/mol. The Hall–Kier alpha value is -2.73. The fourth-order valence-electron chi connectivity index (χ4n) is 6.18. The predicted octanol–water partition coefficient (Wildman–Crippen LogP) is 5.83. The van der Waals surface area contributed by atoms with Crippen molar-refractivity contribution in [3.05, 3.63) is 35.9 Å². The van der Waals surface area contributed by atoms with E-state index < -0.39 is 35.2 Å². The first-order valence-electron chi connectivity index (χ1n) is 15.7. The number of imide groups is 1. The lowest BCUT2D eigenvalue weighted by atomic mass is 9.68. The first-order chi connectivity index (χ1) is 21.2. The van der Waals surface area contributed by atoms with Gasteiger partial charge in [-0.2, -0.15) is 0 Å². The molecule has 1 aromatic rings. The molecule has 2 aliphatic heterocycles. The number of ketones is 1. The summed E-state index contributed by atoms with van der Waals surface area (Å²) in [4.78, 5) is 50.4. The van der Waals surface area contributed by atoms with Crippen molar-refractivity contribution in [1.82, 2.24) is 5.32 Å². The molecule has 45 heavy (non-hydrogen) atoms. The molecule has 0 radical (unpaired) electrons. The van der Waals surface area contributed by atoms with Crippen molar-refractivity contribution in [2.75, 3.05) is 24.8 Å². The van der Waals surface area contributed by atoms with Gasteiger partial charge in [0.05, 0.1) is 24.4 Å². The zero-order valence-corrected chi connectivity index (χ0v) is 28.3. The Morgan fingerprint density at radius 3 is 2.38 bits per heavy atom. The minimum atomic E-state index is -0.802. The molecule has 10 nitrogen and oxygen atoms in total. The number of nitrogens with one attached hydrogen (secondary N) is 2. The molecule has 3 aliphatic rings. The Kier molecular flexibility index (Phi) is 11.2. The van der Waals surface area contributed by atoms with Crippen molar-refractivity contribution in [3.8, 4) is 0 Å². The molecule has 0 aromatic heterocycles. The van der Waals surface area contributed by atoms with Crippen LogP contribution < -0.4 is 10.6 Å². The van der Waals surface area contributed by atoms with Crippen molar-refractivity contribution in [1.29, 1.82) is 0 Å². The number of allylic oxidation sites excluding steroid dienone is 1. The molecule has 1 aromatic carbocycles. The number of alkyl carbamates (subject to hydrolysis) is 1. The van der Waals surface area contributed by atoms with Crippen molar-refractivity contribution < 1.29 is 38.1 Å². The van der Waals surface area contributed by atoms with Gasteiger partial charge < -0.3 is 24.3 Å². The van der Waals surface area contributed by atoms with Crippen molar-refractivity contribution >= 4 is 41.1 Å². The fourth-order valence-corrected chi connectivity index (χ4v) is 6.88. The van der Waals surface area contributed by atoms with Gasteiger partial charge in [-0.1, -0.05) is 32.4 Å². The molecule has 4 rings (SSSR count). The second-order valence-corrected chi connectivity index (χ2v) is 14.8. The van der Waals surface area contributed by atoms with Crippen LogP contribution in [0.1, 0.15) is 80.1 Å². The predicted molar refractivity (Wildman–Crippen MR) is 172 cm³/mol. The lowest BCUT2D eigenvalue weighted by molar-refractivity contribution is -0.126. The third-order valence-electron chi connectivity index (χ3n) is 8.89. The second-order valence-electron chi connectivity index (χ2n) is 13.8.